The van der Waals surface area contributed by atoms with Gasteiger partial charge in [-0.1, -0.05) is 18.2 Å². The summed E-state index contributed by atoms with van der Waals surface area (Å²) >= 11 is 0. The summed E-state index contributed by atoms with van der Waals surface area (Å²) in [5.74, 6) is -0.405. The van der Waals surface area contributed by atoms with Crippen LogP contribution in [-0.4, -0.2) is 18.4 Å². The van der Waals surface area contributed by atoms with Crippen LogP contribution in [0, 0.1) is 12.7 Å². The maximum Gasteiger partial charge on any atom is 0.228 e. The first-order valence-corrected chi connectivity index (χ1v) is 7.98. The third-order valence-corrected chi connectivity index (χ3v) is 4.14. The summed E-state index contributed by atoms with van der Waals surface area (Å²) < 4.78 is 13.5. The predicted octanol–water partition coefficient (Wildman–Crippen LogP) is 3.44. The number of nitrogens with zero attached hydrogens (tertiary/aromatic N) is 1. The molecule has 2 aromatic rings. The maximum absolute atomic E-state index is 13.5. The van der Waals surface area contributed by atoms with Gasteiger partial charge in [0.05, 0.1) is 6.42 Å². The standard InChI is InChI=1S/C19H19FN2O2/c1-13-4-7-15(12-17(13)20)21-18(23)11-14-5-8-16(9-6-14)22-10-2-3-19(22)24/h4-9,12H,2-3,10-11H2,1H3,(H,21,23). The van der Waals surface area contributed by atoms with Gasteiger partial charge in [0.15, 0.2) is 0 Å². The summed E-state index contributed by atoms with van der Waals surface area (Å²) in [4.78, 5) is 25.6. The minimum atomic E-state index is -0.340. The van der Waals surface area contributed by atoms with Crippen LogP contribution in [-0.2, 0) is 16.0 Å². The summed E-state index contributed by atoms with van der Waals surface area (Å²) in [5, 5.41) is 2.69. The van der Waals surface area contributed by atoms with Gasteiger partial charge in [-0.05, 0) is 48.7 Å². The molecule has 0 unspecified atom stereocenters. The highest BCUT2D eigenvalue weighted by atomic mass is 19.1. The SMILES string of the molecule is Cc1ccc(NC(=O)Cc2ccc(N3CCCC3=O)cc2)cc1F. The number of rotatable bonds is 4. The fourth-order valence-electron chi connectivity index (χ4n) is 2.78. The zero-order valence-electron chi connectivity index (χ0n) is 13.5. The second-order valence-corrected chi connectivity index (χ2v) is 6.00. The monoisotopic (exact) mass is 326 g/mol. The highest BCUT2D eigenvalue weighted by Crippen LogP contribution is 2.22. The second kappa shape index (κ2) is 6.83. The Hall–Kier alpha value is -2.69. The highest BCUT2D eigenvalue weighted by Gasteiger charge is 2.21. The van der Waals surface area contributed by atoms with E-state index in [2.05, 4.69) is 5.32 Å². The Labute approximate surface area is 140 Å². The molecule has 0 saturated carbocycles. The lowest BCUT2D eigenvalue weighted by Gasteiger charge is -2.15. The molecular formula is C19H19FN2O2. The number of benzene rings is 2. The van der Waals surface area contributed by atoms with Crippen LogP contribution in [0.4, 0.5) is 15.8 Å². The molecule has 2 amide bonds. The van der Waals surface area contributed by atoms with Crippen LogP contribution in [0.2, 0.25) is 0 Å². The van der Waals surface area contributed by atoms with E-state index in [1.807, 2.05) is 24.3 Å². The Morgan fingerprint density at radius 2 is 1.96 bits per heavy atom. The molecule has 0 aliphatic carbocycles. The molecule has 1 saturated heterocycles. The average molecular weight is 326 g/mol. The molecule has 1 heterocycles. The Kier molecular flexibility index (Phi) is 4.60. The Balaban J connectivity index is 1.62. The van der Waals surface area contributed by atoms with Crippen molar-refractivity contribution in [2.45, 2.75) is 26.2 Å². The van der Waals surface area contributed by atoms with E-state index in [0.29, 0.717) is 17.7 Å². The third-order valence-electron chi connectivity index (χ3n) is 4.14. The molecule has 0 bridgehead atoms. The molecule has 124 valence electrons. The molecule has 0 radical (unpaired) electrons. The average Bonchev–Trinajstić information content (AvgIpc) is 2.98. The fourth-order valence-corrected chi connectivity index (χ4v) is 2.78. The van der Waals surface area contributed by atoms with Crippen molar-refractivity contribution in [2.75, 3.05) is 16.8 Å². The van der Waals surface area contributed by atoms with Crippen molar-refractivity contribution >= 4 is 23.2 Å². The number of anilines is 2. The minimum Gasteiger partial charge on any atom is -0.326 e. The van der Waals surface area contributed by atoms with E-state index in [4.69, 9.17) is 0 Å². The normalized spacial score (nSPS) is 14.1. The molecule has 2 aromatic carbocycles. The van der Waals surface area contributed by atoms with E-state index >= 15 is 0 Å². The molecule has 0 aromatic heterocycles. The van der Waals surface area contributed by atoms with Crippen LogP contribution in [0.25, 0.3) is 0 Å². The third kappa shape index (κ3) is 3.62. The lowest BCUT2D eigenvalue weighted by molar-refractivity contribution is -0.117. The topological polar surface area (TPSA) is 49.4 Å². The fraction of sp³-hybridized carbons (Fsp3) is 0.263. The first-order valence-electron chi connectivity index (χ1n) is 7.98. The molecule has 1 N–H and O–H groups in total. The van der Waals surface area contributed by atoms with Crippen LogP contribution >= 0.6 is 0 Å². The van der Waals surface area contributed by atoms with Crippen molar-refractivity contribution in [1.29, 1.82) is 0 Å². The van der Waals surface area contributed by atoms with Crippen LogP contribution in [0.3, 0.4) is 0 Å². The molecule has 4 nitrogen and oxygen atoms in total. The van der Waals surface area contributed by atoms with Gasteiger partial charge in [-0.2, -0.15) is 0 Å². The molecular weight excluding hydrogens is 307 g/mol. The molecule has 3 rings (SSSR count). The van der Waals surface area contributed by atoms with Gasteiger partial charge in [0.2, 0.25) is 11.8 Å². The van der Waals surface area contributed by atoms with Gasteiger partial charge in [0.1, 0.15) is 5.82 Å². The van der Waals surface area contributed by atoms with Gasteiger partial charge in [-0.15, -0.1) is 0 Å². The van der Waals surface area contributed by atoms with Gasteiger partial charge in [-0.25, -0.2) is 4.39 Å². The number of carbonyl (C=O) groups is 2. The van der Waals surface area contributed by atoms with Crippen molar-refractivity contribution in [3.05, 3.63) is 59.4 Å². The number of aryl methyl sites for hydroxylation is 1. The zero-order valence-corrected chi connectivity index (χ0v) is 13.5. The summed E-state index contributed by atoms with van der Waals surface area (Å²) in [6, 6.07) is 12.0. The number of nitrogens with one attached hydrogen (secondary N) is 1. The second-order valence-electron chi connectivity index (χ2n) is 6.00. The van der Waals surface area contributed by atoms with Crippen LogP contribution < -0.4 is 10.2 Å². The predicted molar refractivity (Wildman–Crippen MR) is 91.5 cm³/mol. The first kappa shape index (κ1) is 16.2. The molecule has 1 aliphatic rings. The Morgan fingerprint density at radius 3 is 2.58 bits per heavy atom. The van der Waals surface area contributed by atoms with E-state index in [0.717, 1.165) is 24.2 Å². The largest absolute Gasteiger partial charge is 0.326 e. The number of hydrogen-bond acceptors (Lipinski definition) is 2. The van der Waals surface area contributed by atoms with Crippen molar-refractivity contribution < 1.29 is 14.0 Å². The molecule has 0 atom stereocenters. The van der Waals surface area contributed by atoms with E-state index in [-0.39, 0.29) is 24.1 Å². The molecule has 1 fully saturated rings. The number of hydrogen-bond donors (Lipinski definition) is 1. The smallest absolute Gasteiger partial charge is 0.228 e. The maximum atomic E-state index is 13.5. The van der Waals surface area contributed by atoms with E-state index in [1.165, 1.54) is 6.07 Å². The lowest BCUT2D eigenvalue weighted by atomic mass is 10.1. The Morgan fingerprint density at radius 1 is 1.21 bits per heavy atom. The number of halogens is 1. The summed E-state index contributed by atoms with van der Waals surface area (Å²) in [6.45, 7) is 2.42. The van der Waals surface area contributed by atoms with Gasteiger partial charge in [-0.3, -0.25) is 9.59 Å². The highest BCUT2D eigenvalue weighted by molar-refractivity contribution is 5.95. The van der Waals surface area contributed by atoms with Crippen molar-refractivity contribution in [3.63, 3.8) is 0 Å². The Bertz CT molecular complexity index is 771. The van der Waals surface area contributed by atoms with Crippen molar-refractivity contribution in [2.24, 2.45) is 0 Å². The number of carbonyl (C=O) groups excluding carboxylic acids is 2. The number of amides is 2. The van der Waals surface area contributed by atoms with Gasteiger partial charge >= 0.3 is 0 Å². The lowest BCUT2D eigenvalue weighted by Crippen LogP contribution is -2.23. The van der Waals surface area contributed by atoms with Gasteiger partial charge < -0.3 is 10.2 Å². The van der Waals surface area contributed by atoms with Gasteiger partial charge in [0.25, 0.3) is 0 Å². The molecule has 0 spiro atoms. The van der Waals surface area contributed by atoms with E-state index in [9.17, 15) is 14.0 Å². The quantitative estimate of drug-likeness (QED) is 0.935. The summed E-state index contributed by atoms with van der Waals surface area (Å²) in [5.41, 5.74) is 2.69. The van der Waals surface area contributed by atoms with E-state index in [1.54, 1.807) is 24.0 Å². The van der Waals surface area contributed by atoms with E-state index < -0.39 is 0 Å². The first-order chi connectivity index (χ1) is 11.5. The molecule has 24 heavy (non-hydrogen) atoms. The summed E-state index contributed by atoms with van der Waals surface area (Å²) in [6.07, 6.45) is 1.68. The van der Waals surface area contributed by atoms with Crippen molar-refractivity contribution in [3.8, 4) is 0 Å². The molecule has 1 aliphatic heterocycles. The van der Waals surface area contributed by atoms with Crippen LogP contribution in [0.5, 0.6) is 0 Å². The minimum absolute atomic E-state index is 0.141. The van der Waals surface area contributed by atoms with Crippen molar-refractivity contribution in [1.82, 2.24) is 0 Å². The molecule has 5 heteroatoms. The van der Waals surface area contributed by atoms with Crippen LogP contribution in [0.1, 0.15) is 24.0 Å². The zero-order chi connectivity index (χ0) is 17.1. The summed E-state index contributed by atoms with van der Waals surface area (Å²) in [7, 11) is 0. The van der Waals surface area contributed by atoms with Gasteiger partial charge in [0, 0.05) is 24.3 Å². The van der Waals surface area contributed by atoms with Crippen LogP contribution in [0.15, 0.2) is 42.5 Å².